The molecule has 3 rings (SSSR count). The number of nitrogens with zero attached hydrogens (tertiary/aromatic N) is 1. The van der Waals surface area contributed by atoms with E-state index in [1.54, 1.807) is 19.1 Å². The maximum atomic E-state index is 13.5. The lowest BCUT2D eigenvalue weighted by atomic mass is 10.1. The highest BCUT2D eigenvalue weighted by Crippen LogP contribution is 2.22. The molecule has 1 aromatic carbocycles. The molecule has 2 aliphatic heterocycles. The average Bonchev–Trinajstić information content (AvgIpc) is 2.95. The van der Waals surface area contributed by atoms with Gasteiger partial charge in [-0.25, -0.2) is 4.39 Å². The van der Waals surface area contributed by atoms with E-state index in [9.17, 15) is 9.18 Å². The van der Waals surface area contributed by atoms with Gasteiger partial charge in [0.25, 0.3) is 5.91 Å². The number of ether oxygens (including phenoxy) is 1. The van der Waals surface area contributed by atoms with Crippen LogP contribution in [0.2, 0.25) is 0 Å². The summed E-state index contributed by atoms with van der Waals surface area (Å²) >= 11 is 0. The molecule has 1 aromatic rings. The number of hydrogen-bond acceptors (Lipinski definition) is 3. The number of nitrogens with one attached hydrogen (secondary N) is 1. The third kappa shape index (κ3) is 3.24. The Balaban J connectivity index is 1.52. The van der Waals surface area contributed by atoms with E-state index in [1.807, 2.05) is 0 Å². The summed E-state index contributed by atoms with van der Waals surface area (Å²) in [7, 11) is 0. The molecule has 0 spiro atoms. The molecule has 2 heterocycles. The Morgan fingerprint density at radius 3 is 3.19 bits per heavy atom. The first-order chi connectivity index (χ1) is 10.1. The van der Waals surface area contributed by atoms with Gasteiger partial charge in [-0.2, -0.15) is 0 Å². The molecule has 5 heteroatoms. The van der Waals surface area contributed by atoms with Crippen LogP contribution in [0.25, 0.3) is 0 Å². The number of morpholine rings is 1. The molecule has 2 unspecified atom stereocenters. The maximum Gasteiger partial charge on any atom is 0.251 e. The van der Waals surface area contributed by atoms with Gasteiger partial charge >= 0.3 is 0 Å². The number of amides is 1. The van der Waals surface area contributed by atoms with Crippen molar-refractivity contribution in [2.75, 3.05) is 26.2 Å². The minimum absolute atomic E-state index is 0.0265. The lowest BCUT2D eigenvalue weighted by Crippen LogP contribution is -2.50. The molecule has 2 atom stereocenters. The van der Waals surface area contributed by atoms with Gasteiger partial charge in [0.15, 0.2) is 0 Å². The molecule has 1 amide bonds. The summed E-state index contributed by atoms with van der Waals surface area (Å²) in [4.78, 5) is 14.5. The van der Waals surface area contributed by atoms with Crippen molar-refractivity contribution < 1.29 is 13.9 Å². The predicted octanol–water partition coefficient (Wildman–Crippen LogP) is 1.73. The Kier molecular flexibility index (Phi) is 4.22. The summed E-state index contributed by atoms with van der Waals surface area (Å²) in [5.74, 6) is -0.600. The van der Waals surface area contributed by atoms with Crippen LogP contribution in [0.15, 0.2) is 18.2 Å². The Hall–Kier alpha value is -1.46. The number of hydrogen-bond donors (Lipinski definition) is 1. The average molecular weight is 292 g/mol. The highest BCUT2D eigenvalue weighted by molar-refractivity contribution is 5.94. The Labute approximate surface area is 124 Å². The fourth-order valence-corrected chi connectivity index (χ4v) is 3.05. The van der Waals surface area contributed by atoms with Gasteiger partial charge in [-0.15, -0.1) is 0 Å². The molecular formula is C16H21FN2O2. The summed E-state index contributed by atoms with van der Waals surface area (Å²) in [5, 5.41) is 2.84. The third-order valence-corrected chi connectivity index (χ3v) is 4.39. The van der Waals surface area contributed by atoms with Crippen LogP contribution in [-0.2, 0) is 4.74 Å². The van der Waals surface area contributed by atoms with E-state index < -0.39 is 0 Å². The zero-order chi connectivity index (χ0) is 14.8. The fraction of sp³-hybridized carbons (Fsp3) is 0.562. The van der Waals surface area contributed by atoms with Crippen LogP contribution >= 0.6 is 0 Å². The molecular weight excluding hydrogens is 271 g/mol. The van der Waals surface area contributed by atoms with Crippen molar-refractivity contribution in [2.45, 2.75) is 31.9 Å². The van der Waals surface area contributed by atoms with E-state index in [2.05, 4.69) is 10.2 Å². The molecule has 114 valence electrons. The topological polar surface area (TPSA) is 41.6 Å². The minimum atomic E-state index is -0.350. The van der Waals surface area contributed by atoms with Gasteiger partial charge in [0, 0.05) is 24.7 Å². The van der Waals surface area contributed by atoms with Crippen LogP contribution in [0.5, 0.6) is 0 Å². The van der Waals surface area contributed by atoms with E-state index in [0.717, 1.165) is 19.7 Å². The van der Waals surface area contributed by atoms with Gasteiger partial charge < -0.3 is 10.1 Å². The van der Waals surface area contributed by atoms with Gasteiger partial charge in [-0.1, -0.05) is 6.07 Å². The summed E-state index contributed by atoms with van der Waals surface area (Å²) in [6, 6.07) is 5.11. The van der Waals surface area contributed by atoms with Crippen LogP contribution < -0.4 is 5.32 Å². The van der Waals surface area contributed by atoms with Crippen molar-refractivity contribution in [3.8, 4) is 0 Å². The van der Waals surface area contributed by atoms with E-state index in [-0.39, 0.29) is 17.8 Å². The smallest absolute Gasteiger partial charge is 0.251 e. The Morgan fingerprint density at radius 2 is 2.38 bits per heavy atom. The van der Waals surface area contributed by atoms with Gasteiger partial charge in [0.1, 0.15) is 5.82 Å². The van der Waals surface area contributed by atoms with Crippen molar-refractivity contribution in [3.63, 3.8) is 0 Å². The van der Waals surface area contributed by atoms with Gasteiger partial charge in [-0.05, 0) is 44.0 Å². The highest BCUT2D eigenvalue weighted by Gasteiger charge is 2.32. The SMILES string of the molecule is Cc1ccc(C(=O)NCC2CN3CCCC3CO2)cc1F. The predicted molar refractivity (Wildman–Crippen MR) is 77.8 cm³/mol. The number of benzene rings is 1. The standard InChI is InChI=1S/C16H21FN2O2/c1-11-4-5-12(7-15(11)17)16(20)18-8-14-9-19-6-2-3-13(19)10-21-14/h4-5,7,13-14H,2-3,6,8-10H2,1H3,(H,18,20). The van der Waals surface area contributed by atoms with Crippen molar-refractivity contribution in [2.24, 2.45) is 0 Å². The first-order valence-electron chi connectivity index (χ1n) is 7.53. The van der Waals surface area contributed by atoms with Crippen LogP contribution in [-0.4, -0.2) is 49.2 Å². The van der Waals surface area contributed by atoms with Gasteiger partial charge in [-0.3, -0.25) is 9.69 Å². The van der Waals surface area contributed by atoms with Crippen molar-refractivity contribution in [1.82, 2.24) is 10.2 Å². The van der Waals surface area contributed by atoms with Crippen LogP contribution in [0.4, 0.5) is 4.39 Å². The number of halogens is 1. The summed E-state index contributed by atoms with van der Waals surface area (Å²) < 4.78 is 19.3. The number of carbonyl (C=O) groups excluding carboxylic acids is 1. The minimum Gasteiger partial charge on any atom is -0.373 e. The second-order valence-electron chi connectivity index (χ2n) is 5.92. The summed E-state index contributed by atoms with van der Waals surface area (Å²) in [6.07, 6.45) is 2.47. The highest BCUT2D eigenvalue weighted by atomic mass is 19.1. The van der Waals surface area contributed by atoms with Crippen molar-refractivity contribution in [3.05, 3.63) is 35.1 Å². The van der Waals surface area contributed by atoms with E-state index in [4.69, 9.17) is 4.74 Å². The largest absolute Gasteiger partial charge is 0.373 e. The van der Waals surface area contributed by atoms with E-state index in [1.165, 1.54) is 18.9 Å². The summed E-state index contributed by atoms with van der Waals surface area (Å²) in [5.41, 5.74) is 0.898. The number of rotatable bonds is 3. The molecule has 2 fully saturated rings. The summed E-state index contributed by atoms with van der Waals surface area (Å²) in [6.45, 7) is 4.89. The second-order valence-corrected chi connectivity index (χ2v) is 5.92. The van der Waals surface area contributed by atoms with Crippen molar-refractivity contribution >= 4 is 5.91 Å². The Morgan fingerprint density at radius 1 is 1.52 bits per heavy atom. The maximum absolute atomic E-state index is 13.5. The zero-order valence-electron chi connectivity index (χ0n) is 12.3. The number of aryl methyl sites for hydroxylation is 1. The molecule has 4 nitrogen and oxygen atoms in total. The van der Waals surface area contributed by atoms with Crippen LogP contribution in [0.1, 0.15) is 28.8 Å². The first kappa shape index (κ1) is 14.5. The zero-order valence-corrected chi connectivity index (χ0v) is 12.3. The molecule has 0 saturated carbocycles. The van der Waals surface area contributed by atoms with Crippen LogP contribution in [0, 0.1) is 12.7 Å². The van der Waals surface area contributed by atoms with Crippen LogP contribution in [0.3, 0.4) is 0 Å². The normalized spacial score (nSPS) is 25.6. The molecule has 0 bridgehead atoms. The lowest BCUT2D eigenvalue weighted by Gasteiger charge is -2.35. The lowest BCUT2D eigenvalue weighted by molar-refractivity contribution is -0.0461. The molecule has 21 heavy (non-hydrogen) atoms. The third-order valence-electron chi connectivity index (χ3n) is 4.39. The molecule has 0 aromatic heterocycles. The molecule has 0 radical (unpaired) electrons. The Bertz CT molecular complexity index is 535. The van der Waals surface area contributed by atoms with E-state index in [0.29, 0.717) is 23.7 Å². The van der Waals surface area contributed by atoms with Crippen molar-refractivity contribution in [1.29, 1.82) is 0 Å². The van der Waals surface area contributed by atoms with Gasteiger partial charge in [0.05, 0.1) is 12.7 Å². The monoisotopic (exact) mass is 292 g/mol. The number of carbonyl (C=O) groups is 1. The molecule has 1 N–H and O–H groups in total. The molecule has 2 saturated heterocycles. The quantitative estimate of drug-likeness (QED) is 0.922. The van der Waals surface area contributed by atoms with E-state index >= 15 is 0 Å². The second kappa shape index (κ2) is 6.12. The molecule has 0 aliphatic carbocycles. The first-order valence-corrected chi connectivity index (χ1v) is 7.53. The van der Waals surface area contributed by atoms with Gasteiger partial charge in [0.2, 0.25) is 0 Å². The molecule has 2 aliphatic rings. The number of fused-ring (bicyclic) bond motifs is 1. The fourth-order valence-electron chi connectivity index (χ4n) is 3.05.